The standard InChI is InChI=1S/C23H18ClN3O4/c1-30-18-4-2-3-15(11-18)20-13-21-19-12-16(24)7-10-22(19)31-23(26(21)25-20)14-5-8-17(9-6-14)27(28)29/h2-12,21,23H,13H2,1H3/t21-,23-/m1/s1. The smallest absolute Gasteiger partial charge is 0.269 e. The van der Waals surface area contributed by atoms with E-state index in [1.165, 1.54) is 12.1 Å². The van der Waals surface area contributed by atoms with Gasteiger partial charge >= 0.3 is 0 Å². The number of hydrogen-bond acceptors (Lipinski definition) is 6. The maximum absolute atomic E-state index is 11.0. The average molecular weight is 436 g/mol. The Kier molecular flexibility index (Phi) is 4.75. The third-order valence-electron chi connectivity index (χ3n) is 5.54. The van der Waals surface area contributed by atoms with Gasteiger partial charge in [0.05, 0.1) is 23.8 Å². The third kappa shape index (κ3) is 3.47. The first-order chi connectivity index (χ1) is 15.0. The van der Waals surface area contributed by atoms with Crippen molar-refractivity contribution in [2.24, 2.45) is 5.10 Å². The lowest BCUT2D eigenvalue weighted by atomic mass is 9.96. The summed E-state index contributed by atoms with van der Waals surface area (Å²) in [4.78, 5) is 10.6. The molecule has 0 aromatic heterocycles. The first-order valence-corrected chi connectivity index (χ1v) is 10.1. The zero-order valence-corrected chi connectivity index (χ0v) is 17.3. The summed E-state index contributed by atoms with van der Waals surface area (Å²) >= 11 is 6.27. The van der Waals surface area contributed by atoms with Crippen LogP contribution in [0.25, 0.3) is 0 Å². The largest absolute Gasteiger partial charge is 0.497 e. The number of hydrazone groups is 1. The van der Waals surface area contributed by atoms with Gasteiger partial charge in [-0.1, -0.05) is 23.7 Å². The number of nitro groups is 1. The summed E-state index contributed by atoms with van der Waals surface area (Å²) < 4.78 is 11.6. The molecule has 0 saturated heterocycles. The van der Waals surface area contributed by atoms with Crippen LogP contribution in [0.5, 0.6) is 11.5 Å². The Morgan fingerprint density at radius 3 is 2.71 bits per heavy atom. The van der Waals surface area contributed by atoms with Crippen LogP contribution < -0.4 is 9.47 Å². The Hall–Kier alpha value is -3.58. The Morgan fingerprint density at radius 1 is 1.16 bits per heavy atom. The number of non-ortho nitro benzene ring substituents is 1. The van der Waals surface area contributed by atoms with Crippen LogP contribution in [0.15, 0.2) is 71.8 Å². The van der Waals surface area contributed by atoms with Gasteiger partial charge in [-0.2, -0.15) is 5.10 Å². The van der Waals surface area contributed by atoms with E-state index >= 15 is 0 Å². The number of methoxy groups -OCH3 is 1. The van der Waals surface area contributed by atoms with Crippen molar-refractivity contribution in [2.45, 2.75) is 18.7 Å². The molecule has 0 N–H and O–H groups in total. The topological polar surface area (TPSA) is 77.2 Å². The maximum Gasteiger partial charge on any atom is 0.269 e. The fourth-order valence-corrected chi connectivity index (χ4v) is 4.20. The maximum atomic E-state index is 11.0. The third-order valence-corrected chi connectivity index (χ3v) is 5.78. The Labute approximate surface area is 183 Å². The molecular formula is C23H18ClN3O4. The number of nitro benzene ring substituents is 1. The molecule has 7 nitrogen and oxygen atoms in total. The van der Waals surface area contributed by atoms with E-state index < -0.39 is 11.2 Å². The van der Waals surface area contributed by atoms with Gasteiger partial charge in [0.15, 0.2) is 0 Å². The van der Waals surface area contributed by atoms with Crippen molar-refractivity contribution in [2.75, 3.05) is 7.11 Å². The second kappa shape index (κ2) is 7.59. The summed E-state index contributed by atoms with van der Waals surface area (Å²) in [5.74, 6) is 1.49. The van der Waals surface area contributed by atoms with Crippen LogP contribution in [-0.2, 0) is 0 Å². The fraction of sp³-hybridized carbons (Fsp3) is 0.174. The van der Waals surface area contributed by atoms with Crippen molar-refractivity contribution in [3.63, 3.8) is 0 Å². The van der Waals surface area contributed by atoms with Gasteiger partial charge < -0.3 is 9.47 Å². The van der Waals surface area contributed by atoms with Gasteiger partial charge in [-0.05, 0) is 42.5 Å². The molecule has 2 aliphatic rings. The Balaban J connectivity index is 1.57. The summed E-state index contributed by atoms with van der Waals surface area (Å²) in [5.41, 5.74) is 3.66. The van der Waals surface area contributed by atoms with Crippen LogP contribution in [0.3, 0.4) is 0 Å². The zero-order valence-electron chi connectivity index (χ0n) is 16.6. The quantitative estimate of drug-likeness (QED) is 0.399. The van der Waals surface area contributed by atoms with E-state index in [2.05, 4.69) is 0 Å². The van der Waals surface area contributed by atoms with Crippen molar-refractivity contribution < 1.29 is 14.4 Å². The summed E-state index contributed by atoms with van der Waals surface area (Å²) in [6, 6.07) is 19.7. The van der Waals surface area contributed by atoms with Gasteiger partial charge in [0.2, 0.25) is 6.23 Å². The highest BCUT2D eigenvalue weighted by Crippen LogP contribution is 2.48. The molecule has 5 rings (SSSR count). The SMILES string of the molecule is COc1cccc(C2=NN3[C@H](C2)c2cc(Cl)ccc2O[C@@H]3c2ccc([N+](=O)[O-])cc2)c1. The predicted molar refractivity (Wildman–Crippen MR) is 117 cm³/mol. The highest BCUT2D eigenvalue weighted by Gasteiger charge is 2.41. The molecule has 156 valence electrons. The van der Waals surface area contributed by atoms with Crippen LogP contribution in [0.4, 0.5) is 5.69 Å². The summed E-state index contributed by atoms with van der Waals surface area (Å²) in [7, 11) is 1.63. The van der Waals surface area contributed by atoms with Crippen molar-refractivity contribution in [3.05, 3.63) is 98.6 Å². The molecular weight excluding hydrogens is 418 g/mol. The number of hydrogen-bond donors (Lipinski definition) is 0. The molecule has 0 unspecified atom stereocenters. The van der Waals surface area contributed by atoms with Gasteiger partial charge in [-0.25, -0.2) is 5.01 Å². The normalized spacial score (nSPS) is 19.2. The molecule has 0 bridgehead atoms. The van der Waals surface area contributed by atoms with E-state index in [-0.39, 0.29) is 11.7 Å². The molecule has 0 saturated carbocycles. The minimum absolute atomic E-state index is 0.0327. The van der Waals surface area contributed by atoms with E-state index in [1.54, 1.807) is 25.3 Å². The van der Waals surface area contributed by atoms with Crippen LogP contribution >= 0.6 is 11.6 Å². The highest BCUT2D eigenvalue weighted by atomic mass is 35.5. The molecule has 31 heavy (non-hydrogen) atoms. The molecule has 3 aromatic carbocycles. The van der Waals surface area contributed by atoms with Crippen LogP contribution in [0, 0.1) is 10.1 Å². The van der Waals surface area contributed by atoms with Crippen LogP contribution in [-0.4, -0.2) is 22.8 Å². The van der Waals surface area contributed by atoms with Gasteiger partial charge in [0, 0.05) is 40.3 Å². The number of benzene rings is 3. The lowest BCUT2D eigenvalue weighted by Gasteiger charge is -2.38. The Morgan fingerprint density at radius 2 is 1.97 bits per heavy atom. The lowest BCUT2D eigenvalue weighted by Crippen LogP contribution is -2.33. The minimum Gasteiger partial charge on any atom is -0.497 e. The van der Waals surface area contributed by atoms with Crippen molar-refractivity contribution in [1.29, 1.82) is 0 Å². The monoisotopic (exact) mass is 435 g/mol. The lowest BCUT2D eigenvalue weighted by molar-refractivity contribution is -0.384. The molecule has 0 amide bonds. The van der Waals surface area contributed by atoms with Gasteiger partial charge in [-0.15, -0.1) is 0 Å². The number of rotatable bonds is 4. The summed E-state index contributed by atoms with van der Waals surface area (Å²) in [6.07, 6.45) is 0.162. The first kappa shape index (κ1) is 19.4. The summed E-state index contributed by atoms with van der Waals surface area (Å²) in [5, 5.41) is 18.5. The van der Waals surface area contributed by atoms with Gasteiger partial charge in [-0.3, -0.25) is 10.1 Å². The molecule has 0 fully saturated rings. The van der Waals surface area contributed by atoms with E-state index in [9.17, 15) is 10.1 Å². The fourth-order valence-electron chi connectivity index (χ4n) is 4.02. The number of halogens is 1. The first-order valence-electron chi connectivity index (χ1n) is 9.74. The van der Waals surface area contributed by atoms with Crippen molar-refractivity contribution in [3.8, 4) is 11.5 Å². The summed E-state index contributed by atoms with van der Waals surface area (Å²) in [6.45, 7) is 0. The molecule has 8 heteroatoms. The number of ether oxygens (including phenoxy) is 2. The van der Waals surface area contributed by atoms with Gasteiger partial charge in [0.1, 0.15) is 11.5 Å². The van der Waals surface area contributed by atoms with E-state index in [1.807, 2.05) is 41.4 Å². The zero-order chi connectivity index (χ0) is 21.5. The molecule has 0 aliphatic carbocycles. The van der Waals surface area contributed by atoms with Crippen LogP contribution in [0.2, 0.25) is 5.02 Å². The van der Waals surface area contributed by atoms with E-state index in [4.69, 9.17) is 26.2 Å². The molecule has 2 heterocycles. The number of nitrogens with zero attached hydrogens (tertiary/aromatic N) is 3. The van der Waals surface area contributed by atoms with Gasteiger partial charge in [0.25, 0.3) is 5.69 Å². The molecule has 2 aliphatic heterocycles. The van der Waals surface area contributed by atoms with Crippen LogP contribution in [0.1, 0.15) is 35.4 Å². The predicted octanol–water partition coefficient (Wildman–Crippen LogP) is 5.50. The van der Waals surface area contributed by atoms with E-state index in [0.717, 1.165) is 33.9 Å². The Bertz CT molecular complexity index is 1200. The minimum atomic E-state index is -0.511. The number of fused-ring (bicyclic) bond motifs is 3. The molecule has 0 radical (unpaired) electrons. The molecule has 0 spiro atoms. The second-order valence-corrected chi connectivity index (χ2v) is 7.82. The molecule has 2 atom stereocenters. The highest BCUT2D eigenvalue weighted by molar-refractivity contribution is 6.30. The van der Waals surface area contributed by atoms with Crippen molar-refractivity contribution >= 4 is 23.0 Å². The molecule has 3 aromatic rings. The van der Waals surface area contributed by atoms with E-state index in [0.29, 0.717) is 11.4 Å². The van der Waals surface area contributed by atoms with Crippen molar-refractivity contribution in [1.82, 2.24) is 5.01 Å². The second-order valence-electron chi connectivity index (χ2n) is 7.38. The average Bonchev–Trinajstić information content (AvgIpc) is 3.25.